The second kappa shape index (κ2) is 5.68. The van der Waals surface area contributed by atoms with Gasteiger partial charge in [0.2, 0.25) is 0 Å². The highest BCUT2D eigenvalue weighted by atomic mass is 16.5. The lowest BCUT2D eigenvalue weighted by Gasteiger charge is -2.13. The lowest BCUT2D eigenvalue weighted by atomic mass is 10.0. The van der Waals surface area contributed by atoms with E-state index in [-0.39, 0.29) is 5.92 Å². The van der Waals surface area contributed by atoms with Crippen molar-refractivity contribution in [3.63, 3.8) is 0 Å². The fraction of sp³-hybridized carbons (Fsp3) is 0.167. The molecule has 0 fully saturated rings. The normalized spacial score (nSPS) is 16.7. The van der Waals surface area contributed by atoms with E-state index in [2.05, 4.69) is 34.5 Å². The van der Waals surface area contributed by atoms with Gasteiger partial charge in [0.05, 0.1) is 12.4 Å². The van der Waals surface area contributed by atoms with E-state index in [0.717, 1.165) is 22.5 Å². The van der Waals surface area contributed by atoms with Gasteiger partial charge in [0, 0.05) is 18.0 Å². The Morgan fingerprint density at radius 1 is 1.26 bits per heavy atom. The lowest BCUT2D eigenvalue weighted by Crippen LogP contribution is -2.07. The summed E-state index contributed by atoms with van der Waals surface area (Å²) in [6, 6.07) is 12.2. The maximum absolute atomic E-state index is 6.10. The molecule has 2 aromatic heterocycles. The summed E-state index contributed by atoms with van der Waals surface area (Å²) >= 11 is 0. The number of nitrogens with zero attached hydrogens (tertiary/aromatic N) is 4. The summed E-state index contributed by atoms with van der Waals surface area (Å²) in [6.07, 6.45) is 9.68. The van der Waals surface area contributed by atoms with E-state index in [4.69, 9.17) is 4.74 Å². The molecule has 0 saturated carbocycles. The second-order valence-electron chi connectivity index (χ2n) is 5.57. The fourth-order valence-corrected chi connectivity index (χ4v) is 2.72. The number of benzene rings is 1. The number of rotatable bonds is 4. The van der Waals surface area contributed by atoms with Crippen LogP contribution in [0.1, 0.15) is 17.0 Å². The molecule has 0 bridgehead atoms. The molecule has 1 unspecified atom stereocenters. The van der Waals surface area contributed by atoms with Crippen LogP contribution >= 0.6 is 0 Å². The summed E-state index contributed by atoms with van der Waals surface area (Å²) in [6.45, 7) is 0.535. The zero-order valence-electron chi connectivity index (χ0n) is 12.8. The number of hydrogen-bond donors (Lipinski definition) is 0. The van der Waals surface area contributed by atoms with Gasteiger partial charge < -0.3 is 9.14 Å². The van der Waals surface area contributed by atoms with Crippen LogP contribution in [0.15, 0.2) is 60.1 Å². The molecule has 0 saturated heterocycles. The number of hydrogen-bond acceptors (Lipinski definition) is 3. The van der Waals surface area contributed by atoms with Crippen LogP contribution in [0, 0.1) is 0 Å². The van der Waals surface area contributed by atoms with Gasteiger partial charge in [0.25, 0.3) is 0 Å². The molecule has 0 radical (unpaired) electrons. The van der Waals surface area contributed by atoms with Gasteiger partial charge in [-0.05, 0) is 16.7 Å². The predicted molar refractivity (Wildman–Crippen MR) is 89.4 cm³/mol. The van der Waals surface area contributed by atoms with Crippen molar-refractivity contribution in [3.05, 3.63) is 66.1 Å². The molecular weight excluding hydrogens is 288 g/mol. The summed E-state index contributed by atoms with van der Waals surface area (Å²) in [4.78, 5) is 4.36. The van der Waals surface area contributed by atoms with Gasteiger partial charge in [-0.1, -0.05) is 35.0 Å². The maximum atomic E-state index is 6.10. The van der Waals surface area contributed by atoms with Gasteiger partial charge in [-0.25, -0.2) is 4.98 Å². The Morgan fingerprint density at radius 2 is 2.13 bits per heavy atom. The number of hydrazone groups is 1. The Balaban J connectivity index is 1.70. The van der Waals surface area contributed by atoms with Crippen LogP contribution in [0.4, 0.5) is 0 Å². The Labute approximate surface area is 134 Å². The molecule has 23 heavy (non-hydrogen) atoms. The average Bonchev–Trinajstić information content (AvgIpc) is 3.21. The first-order valence-electron chi connectivity index (χ1n) is 7.55. The largest absolute Gasteiger partial charge is 0.487 e. The third-order valence-electron chi connectivity index (χ3n) is 3.91. The number of ether oxygens (including phenoxy) is 1. The van der Waals surface area contributed by atoms with Gasteiger partial charge >= 0.3 is 0 Å². The number of fused-ring (bicyclic) bond motifs is 1. The minimum Gasteiger partial charge on any atom is -0.487 e. The average molecular weight is 305 g/mol. The van der Waals surface area contributed by atoms with Crippen molar-refractivity contribution in [1.82, 2.24) is 9.38 Å². The van der Waals surface area contributed by atoms with Crippen LogP contribution in [0.3, 0.4) is 0 Å². The molecule has 0 amide bonds. The van der Waals surface area contributed by atoms with Crippen LogP contribution in [0.5, 0.6) is 5.75 Å². The molecule has 0 spiro atoms. The van der Waals surface area contributed by atoms with Gasteiger partial charge in [-0.15, -0.1) is 0 Å². The van der Waals surface area contributed by atoms with Crippen molar-refractivity contribution in [3.8, 4) is 5.75 Å². The summed E-state index contributed by atoms with van der Waals surface area (Å²) in [5.74, 6) is 0.954. The number of aromatic nitrogens is 2. The number of pyridine rings is 1. The number of imidazole rings is 1. The van der Waals surface area contributed by atoms with Crippen molar-refractivity contribution in [1.29, 1.82) is 0 Å². The molecule has 114 valence electrons. The van der Waals surface area contributed by atoms with Crippen molar-refractivity contribution in [2.45, 2.75) is 12.5 Å². The van der Waals surface area contributed by atoms with Crippen molar-refractivity contribution >= 4 is 18.1 Å². The quantitative estimate of drug-likeness (QED) is 0.696. The molecular formula is C18H17N4O+. The summed E-state index contributed by atoms with van der Waals surface area (Å²) in [5.41, 5.74) is 3.13. The smallest absolute Gasteiger partial charge is 0.185 e. The molecule has 1 aromatic carbocycles. The van der Waals surface area contributed by atoms with Gasteiger partial charge in [-0.2, -0.15) is 0 Å². The van der Waals surface area contributed by atoms with E-state index in [1.165, 1.54) is 0 Å². The zero-order chi connectivity index (χ0) is 15.6. The molecule has 5 heteroatoms. The van der Waals surface area contributed by atoms with E-state index < -0.39 is 0 Å². The molecule has 1 aliphatic heterocycles. The molecule has 3 aromatic rings. The highest BCUT2D eigenvalue weighted by Gasteiger charge is 2.22. The van der Waals surface area contributed by atoms with Gasteiger partial charge in [-0.3, -0.25) is 0 Å². The Morgan fingerprint density at radius 3 is 2.91 bits per heavy atom. The van der Waals surface area contributed by atoms with Gasteiger partial charge in [0.15, 0.2) is 13.3 Å². The highest BCUT2D eigenvalue weighted by Crippen LogP contribution is 2.28. The summed E-state index contributed by atoms with van der Waals surface area (Å²) < 4.78 is 9.89. The van der Waals surface area contributed by atoms with Crippen molar-refractivity contribution in [2.75, 3.05) is 7.05 Å². The molecule has 4 rings (SSSR count). The van der Waals surface area contributed by atoms with Crippen LogP contribution in [-0.2, 0) is 6.61 Å². The molecule has 0 aliphatic carbocycles. The summed E-state index contributed by atoms with van der Waals surface area (Å²) in [5, 5.41) is 4.29. The van der Waals surface area contributed by atoms with E-state index in [1.807, 2.05) is 52.9 Å². The second-order valence-corrected chi connectivity index (χ2v) is 5.57. The van der Waals surface area contributed by atoms with E-state index in [9.17, 15) is 0 Å². The highest BCUT2D eigenvalue weighted by molar-refractivity contribution is 5.91. The van der Waals surface area contributed by atoms with Crippen LogP contribution in [-0.4, -0.2) is 33.5 Å². The van der Waals surface area contributed by atoms with Gasteiger partial charge in [0.1, 0.15) is 23.9 Å². The Bertz CT molecular complexity index is 896. The molecule has 0 N–H and O–H groups in total. The SMILES string of the molecule is C[N+]1=CC(c2cc3nccn3cc2OCc2ccccc2)C=N1. The summed E-state index contributed by atoms with van der Waals surface area (Å²) in [7, 11) is 1.93. The third kappa shape index (κ3) is 2.73. The van der Waals surface area contributed by atoms with E-state index in [0.29, 0.717) is 6.61 Å². The van der Waals surface area contributed by atoms with Crippen molar-refractivity contribution < 1.29 is 9.42 Å². The Hall–Kier alpha value is -2.95. The van der Waals surface area contributed by atoms with Crippen LogP contribution in [0.2, 0.25) is 0 Å². The lowest BCUT2D eigenvalue weighted by molar-refractivity contribution is -0.494. The third-order valence-corrected chi connectivity index (χ3v) is 3.91. The fourth-order valence-electron chi connectivity index (χ4n) is 2.72. The molecule has 1 aliphatic rings. The predicted octanol–water partition coefficient (Wildman–Crippen LogP) is 2.71. The maximum Gasteiger partial charge on any atom is 0.185 e. The Kier molecular flexibility index (Phi) is 3.38. The van der Waals surface area contributed by atoms with E-state index in [1.54, 1.807) is 6.20 Å². The monoisotopic (exact) mass is 305 g/mol. The minimum absolute atomic E-state index is 0.104. The molecule has 3 heterocycles. The minimum atomic E-state index is 0.104. The van der Waals surface area contributed by atoms with Crippen LogP contribution in [0.25, 0.3) is 5.65 Å². The first kappa shape index (κ1) is 13.7. The molecule has 5 nitrogen and oxygen atoms in total. The topological polar surface area (TPSA) is 41.9 Å². The van der Waals surface area contributed by atoms with E-state index >= 15 is 0 Å². The zero-order valence-corrected chi connectivity index (χ0v) is 12.8. The standard InChI is InChI=1S/C18H17N4O/c1-21-11-15(10-20-21)16-9-18-19-7-8-22(18)12-17(16)23-13-14-5-3-2-4-6-14/h2-12,15H,13H2,1H3/q+1. The van der Waals surface area contributed by atoms with Crippen molar-refractivity contribution in [2.24, 2.45) is 5.10 Å². The van der Waals surface area contributed by atoms with Crippen LogP contribution < -0.4 is 4.74 Å². The molecule has 1 atom stereocenters. The first-order chi connectivity index (χ1) is 11.3. The first-order valence-corrected chi connectivity index (χ1v) is 7.55.